The zero-order valence-electron chi connectivity index (χ0n) is 14.2. The van der Waals surface area contributed by atoms with Gasteiger partial charge in [-0.1, -0.05) is 12.1 Å². The van der Waals surface area contributed by atoms with Crippen LogP contribution in [0, 0.1) is 0 Å². The summed E-state index contributed by atoms with van der Waals surface area (Å²) in [4.78, 5) is 37.1. The molecule has 0 atom stereocenters. The number of carbonyl (C=O) groups excluding carboxylic acids is 3. The molecule has 29 heavy (non-hydrogen) atoms. The highest BCUT2D eigenvalue weighted by atomic mass is 19.4. The molecule has 152 valence electrons. The van der Waals surface area contributed by atoms with Crippen LogP contribution in [0.1, 0.15) is 31.8 Å². The van der Waals surface area contributed by atoms with E-state index in [0.717, 1.165) is 0 Å². The van der Waals surface area contributed by atoms with Crippen molar-refractivity contribution in [1.29, 1.82) is 0 Å². The van der Waals surface area contributed by atoms with E-state index in [1.165, 1.54) is 24.3 Å². The molecule has 5 nitrogen and oxygen atoms in total. The van der Waals surface area contributed by atoms with Crippen molar-refractivity contribution in [3.63, 3.8) is 0 Å². The molecule has 2 aromatic carbocycles. The van der Waals surface area contributed by atoms with Gasteiger partial charge in [-0.05, 0) is 30.3 Å². The fourth-order valence-corrected chi connectivity index (χ4v) is 2.75. The van der Waals surface area contributed by atoms with Crippen molar-refractivity contribution in [3.8, 4) is 0 Å². The number of nitrogens with zero attached hydrogens (tertiary/aromatic N) is 1. The molecule has 11 heteroatoms. The first-order valence-electron chi connectivity index (χ1n) is 7.92. The molecule has 1 aliphatic heterocycles. The lowest BCUT2D eigenvalue weighted by molar-refractivity contribution is -0.143. The van der Waals surface area contributed by atoms with Crippen LogP contribution < -0.4 is 5.32 Å². The Morgan fingerprint density at radius 3 is 1.69 bits per heavy atom. The average molecular weight is 416 g/mol. The molecule has 0 aromatic heterocycles. The van der Waals surface area contributed by atoms with Gasteiger partial charge in [-0.25, -0.2) is 0 Å². The van der Waals surface area contributed by atoms with Crippen molar-refractivity contribution in [1.82, 2.24) is 4.90 Å². The molecule has 1 N–H and O–H groups in total. The first-order valence-corrected chi connectivity index (χ1v) is 7.92. The van der Waals surface area contributed by atoms with Gasteiger partial charge in [0.15, 0.2) is 0 Å². The smallest absolute Gasteiger partial charge is 0.325 e. The molecule has 0 radical (unpaired) electrons. The van der Waals surface area contributed by atoms with Gasteiger partial charge in [0.05, 0.1) is 22.3 Å². The van der Waals surface area contributed by atoms with E-state index in [9.17, 15) is 40.7 Å². The maximum Gasteiger partial charge on any atom is 0.416 e. The molecule has 0 saturated heterocycles. The normalized spacial score (nSPS) is 14.2. The highest BCUT2D eigenvalue weighted by molar-refractivity contribution is 6.22. The van der Waals surface area contributed by atoms with E-state index < -0.39 is 53.4 Å². The van der Waals surface area contributed by atoms with Crippen LogP contribution in [0.15, 0.2) is 42.5 Å². The molecule has 0 saturated carbocycles. The monoisotopic (exact) mass is 416 g/mol. The van der Waals surface area contributed by atoms with Crippen LogP contribution in [0.3, 0.4) is 0 Å². The van der Waals surface area contributed by atoms with Crippen LogP contribution in [-0.4, -0.2) is 29.2 Å². The molecule has 0 fully saturated rings. The standard InChI is InChI=1S/C18H10F6N2O3/c19-17(20,21)9-5-10(18(22,23)24)7-11(6-9)25-14(27)8-26-15(28)12-3-1-2-4-13(12)16(26)29/h1-7H,8H2,(H,25,27). The number of fused-ring (bicyclic) bond motifs is 1. The van der Waals surface area contributed by atoms with Crippen molar-refractivity contribution >= 4 is 23.4 Å². The third-order valence-corrected chi connectivity index (χ3v) is 4.05. The van der Waals surface area contributed by atoms with Crippen molar-refractivity contribution in [3.05, 3.63) is 64.7 Å². The number of hydrogen-bond acceptors (Lipinski definition) is 3. The maximum atomic E-state index is 12.9. The van der Waals surface area contributed by atoms with Gasteiger partial charge in [0.25, 0.3) is 11.8 Å². The van der Waals surface area contributed by atoms with Gasteiger partial charge >= 0.3 is 12.4 Å². The zero-order chi connectivity index (χ0) is 21.6. The van der Waals surface area contributed by atoms with Gasteiger partial charge in [0, 0.05) is 5.69 Å². The topological polar surface area (TPSA) is 66.5 Å². The van der Waals surface area contributed by atoms with Crippen LogP contribution in [-0.2, 0) is 17.1 Å². The highest BCUT2D eigenvalue weighted by Gasteiger charge is 2.38. The quantitative estimate of drug-likeness (QED) is 0.609. The summed E-state index contributed by atoms with van der Waals surface area (Å²) in [6.45, 7) is -0.871. The lowest BCUT2D eigenvalue weighted by Gasteiger charge is -2.16. The molecular formula is C18H10F6N2O3. The molecule has 1 heterocycles. The fraction of sp³-hybridized carbons (Fsp3) is 0.167. The summed E-state index contributed by atoms with van der Waals surface area (Å²) in [5.41, 5.74) is -3.90. The maximum absolute atomic E-state index is 12.9. The second-order valence-corrected chi connectivity index (χ2v) is 6.08. The molecule has 2 aromatic rings. The van der Waals surface area contributed by atoms with Crippen LogP contribution in [0.4, 0.5) is 32.0 Å². The Morgan fingerprint density at radius 1 is 0.828 bits per heavy atom. The van der Waals surface area contributed by atoms with Gasteiger partial charge in [0.1, 0.15) is 6.54 Å². The van der Waals surface area contributed by atoms with Crippen molar-refractivity contribution < 1.29 is 40.7 Å². The summed E-state index contributed by atoms with van der Waals surface area (Å²) >= 11 is 0. The number of benzene rings is 2. The van der Waals surface area contributed by atoms with E-state index in [1.54, 1.807) is 0 Å². The highest BCUT2D eigenvalue weighted by Crippen LogP contribution is 2.37. The Balaban J connectivity index is 1.83. The molecule has 3 amide bonds. The van der Waals surface area contributed by atoms with E-state index in [2.05, 4.69) is 0 Å². The Bertz CT molecular complexity index is 946. The minimum atomic E-state index is -5.08. The molecular weight excluding hydrogens is 406 g/mol. The molecule has 1 aliphatic rings. The second-order valence-electron chi connectivity index (χ2n) is 6.08. The van der Waals surface area contributed by atoms with E-state index in [0.29, 0.717) is 17.0 Å². The van der Waals surface area contributed by atoms with E-state index in [4.69, 9.17) is 0 Å². The number of alkyl halides is 6. The van der Waals surface area contributed by atoms with Crippen LogP contribution in [0.25, 0.3) is 0 Å². The van der Waals surface area contributed by atoms with Crippen LogP contribution >= 0.6 is 0 Å². The molecule has 0 spiro atoms. The third-order valence-electron chi connectivity index (χ3n) is 4.05. The summed E-state index contributed by atoms with van der Waals surface area (Å²) in [5, 5.41) is 1.88. The SMILES string of the molecule is O=C(CN1C(=O)c2ccccc2C1=O)Nc1cc(C(F)(F)F)cc(C(F)(F)F)c1. The zero-order valence-corrected chi connectivity index (χ0v) is 14.2. The van der Waals surface area contributed by atoms with E-state index in [1.807, 2.05) is 5.32 Å². The number of halogens is 6. The van der Waals surface area contributed by atoms with Crippen molar-refractivity contribution in [2.24, 2.45) is 0 Å². The molecule has 0 bridgehead atoms. The Hall–Kier alpha value is -3.37. The molecule has 0 aliphatic carbocycles. The second kappa shape index (κ2) is 6.90. The minimum Gasteiger partial charge on any atom is -0.325 e. The lowest BCUT2D eigenvalue weighted by atomic mass is 10.1. The van der Waals surface area contributed by atoms with Gasteiger partial charge in [-0.15, -0.1) is 0 Å². The summed E-state index contributed by atoms with van der Waals surface area (Å²) in [5.74, 6) is -2.71. The van der Waals surface area contributed by atoms with Gasteiger partial charge in [-0.2, -0.15) is 26.3 Å². The summed E-state index contributed by atoms with van der Waals surface area (Å²) in [6, 6.07) is 6.28. The van der Waals surface area contributed by atoms with E-state index >= 15 is 0 Å². The van der Waals surface area contributed by atoms with Crippen molar-refractivity contribution in [2.45, 2.75) is 12.4 Å². The number of imide groups is 1. The van der Waals surface area contributed by atoms with Crippen LogP contribution in [0.2, 0.25) is 0 Å². The Kier molecular flexibility index (Phi) is 4.85. The Morgan fingerprint density at radius 2 is 1.28 bits per heavy atom. The average Bonchev–Trinajstić information content (AvgIpc) is 2.85. The largest absolute Gasteiger partial charge is 0.416 e. The molecule has 0 unspecified atom stereocenters. The first kappa shape index (κ1) is 20.4. The van der Waals surface area contributed by atoms with Crippen LogP contribution in [0.5, 0.6) is 0 Å². The number of nitrogens with one attached hydrogen (secondary N) is 1. The third kappa shape index (κ3) is 4.08. The van der Waals surface area contributed by atoms with E-state index in [-0.39, 0.29) is 17.2 Å². The number of carbonyl (C=O) groups is 3. The summed E-state index contributed by atoms with van der Waals surface area (Å²) < 4.78 is 77.3. The summed E-state index contributed by atoms with van der Waals surface area (Å²) in [7, 11) is 0. The predicted molar refractivity (Wildman–Crippen MR) is 86.9 cm³/mol. The predicted octanol–water partition coefficient (Wildman–Crippen LogP) is 3.96. The number of hydrogen-bond donors (Lipinski definition) is 1. The lowest BCUT2D eigenvalue weighted by Crippen LogP contribution is -2.37. The number of anilines is 1. The summed E-state index contributed by atoms with van der Waals surface area (Å²) in [6.07, 6.45) is -10.2. The minimum absolute atomic E-state index is 0.0451. The number of amides is 3. The molecule has 3 rings (SSSR count). The van der Waals surface area contributed by atoms with Gasteiger partial charge in [0.2, 0.25) is 5.91 Å². The van der Waals surface area contributed by atoms with Crippen molar-refractivity contribution in [2.75, 3.05) is 11.9 Å². The van der Waals surface area contributed by atoms with Gasteiger partial charge in [-0.3, -0.25) is 19.3 Å². The van der Waals surface area contributed by atoms with Gasteiger partial charge < -0.3 is 5.32 Å². The first-order chi connectivity index (χ1) is 13.4. The number of rotatable bonds is 3. The fourth-order valence-electron chi connectivity index (χ4n) is 2.75. The Labute approximate surface area is 158 Å².